The highest BCUT2D eigenvalue weighted by atomic mass is 16.6. The molecule has 1 atom stereocenters. The quantitative estimate of drug-likeness (QED) is 0.0261. The highest BCUT2D eigenvalue weighted by molar-refractivity contribution is 5.71. The van der Waals surface area contributed by atoms with Gasteiger partial charge in [-0.25, -0.2) is 0 Å². The zero-order chi connectivity index (χ0) is 57.1. The molecule has 0 saturated carbocycles. The first kappa shape index (κ1) is 76.4. The molecule has 462 valence electrons. The van der Waals surface area contributed by atoms with Crippen LogP contribution < -0.4 is 0 Å². The summed E-state index contributed by atoms with van der Waals surface area (Å²) >= 11 is 0. The van der Waals surface area contributed by atoms with E-state index in [1.807, 2.05) is 0 Å². The van der Waals surface area contributed by atoms with Crippen LogP contribution in [0, 0.1) is 0 Å². The van der Waals surface area contributed by atoms with Crippen molar-refractivity contribution in [3.05, 3.63) is 48.6 Å². The van der Waals surface area contributed by atoms with Crippen molar-refractivity contribution in [1.82, 2.24) is 0 Å². The van der Waals surface area contributed by atoms with Gasteiger partial charge in [-0.3, -0.25) is 14.4 Å². The Morgan fingerprint density at radius 2 is 0.456 bits per heavy atom. The second-order valence-electron chi connectivity index (χ2n) is 23.8. The van der Waals surface area contributed by atoms with Gasteiger partial charge in [0.05, 0.1) is 0 Å². The number of carbonyl (C=O) groups is 3. The third-order valence-corrected chi connectivity index (χ3v) is 15.8. The summed E-state index contributed by atoms with van der Waals surface area (Å²) in [5.41, 5.74) is 0. The molecule has 0 fully saturated rings. The molecule has 0 amide bonds. The van der Waals surface area contributed by atoms with Crippen molar-refractivity contribution < 1.29 is 28.6 Å². The van der Waals surface area contributed by atoms with E-state index in [1.165, 1.54) is 270 Å². The van der Waals surface area contributed by atoms with Crippen molar-refractivity contribution >= 4 is 17.9 Å². The summed E-state index contributed by atoms with van der Waals surface area (Å²) in [5, 5.41) is 0. The summed E-state index contributed by atoms with van der Waals surface area (Å²) in [7, 11) is 0. The van der Waals surface area contributed by atoms with E-state index < -0.39 is 6.10 Å². The van der Waals surface area contributed by atoms with E-state index in [0.29, 0.717) is 19.3 Å². The highest BCUT2D eigenvalue weighted by Gasteiger charge is 2.19. The molecule has 6 heteroatoms. The van der Waals surface area contributed by atoms with Crippen molar-refractivity contribution in [3.63, 3.8) is 0 Å². The summed E-state index contributed by atoms with van der Waals surface area (Å²) in [4.78, 5) is 38.4. The predicted octanol–water partition coefficient (Wildman–Crippen LogP) is 24.1. The lowest BCUT2D eigenvalue weighted by atomic mass is 10.0. The number of esters is 3. The van der Waals surface area contributed by atoms with Crippen molar-refractivity contribution in [3.8, 4) is 0 Å². The Kier molecular flexibility index (Phi) is 65.6. The molecule has 0 N–H and O–H groups in total. The van der Waals surface area contributed by atoms with Crippen LogP contribution in [0.5, 0.6) is 0 Å². The lowest BCUT2D eigenvalue weighted by molar-refractivity contribution is -0.167. The lowest BCUT2D eigenvalue weighted by Crippen LogP contribution is -2.30. The number of ether oxygens (including phenoxy) is 3. The van der Waals surface area contributed by atoms with E-state index in [0.717, 1.165) is 70.6 Å². The summed E-state index contributed by atoms with van der Waals surface area (Å²) < 4.78 is 17.0. The number of hydrogen-bond acceptors (Lipinski definition) is 6. The van der Waals surface area contributed by atoms with E-state index >= 15 is 0 Å². The minimum atomic E-state index is -0.773. The van der Waals surface area contributed by atoms with Gasteiger partial charge in [0.25, 0.3) is 0 Å². The van der Waals surface area contributed by atoms with Crippen LogP contribution in [0.1, 0.15) is 380 Å². The van der Waals surface area contributed by atoms with Crippen LogP contribution in [0.15, 0.2) is 48.6 Å². The van der Waals surface area contributed by atoms with Crippen LogP contribution in [0.2, 0.25) is 0 Å². The molecule has 79 heavy (non-hydrogen) atoms. The molecule has 6 nitrogen and oxygen atoms in total. The fourth-order valence-corrected chi connectivity index (χ4v) is 10.5. The van der Waals surface area contributed by atoms with Gasteiger partial charge in [0.15, 0.2) is 6.10 Å². The smallest absolute Gasteiger partial charge is 0.306 e. The average molecular weight is 1110 g/mol. The van der Waals surface area contributed by atoms with Crippen molar-refractivity contribution in [2.75, 3.05) is 13.2 Å². The van der Waals surface area contributed by atoms with Gasteiger partial charge in [0.2, 0.25) is 0 Å². The Labute approximate surface area is 492 Å². The molecule has 0 aliphatic heterocycles. The Morgan fingerprint density at radius 3 is 0.722 bits per heavy atom. The monoisotopic (exact) mass is 1110 g/mol. The summed E-state index contributed by atoms with van der Waals surface area (Å²) in [6, 6.07) is 0. The molecule has 0 aromatic heterocycles. The second-order valence-corrected chi connectivity index (χ2v) is 23.8. The van der Waals surface area contributed by atoms with E-state index in [-0.39, 0.29) is 31.1 Å². The maximum absolute atomic E-state index is 12.9. The third-order valence-electron chi connectivity index (χ3n) is 15.8. The van der Waals surface area contributed by atoms with Crippen LogP contribution in [0.25, 0.3) is 0 Å². The molecule has 0 heterocycles. The van der Waals surface area contributed by atoms with Gasteiger partial charge < -0.3 is 14.2 Å². The molecule has 0 rings (SSSR count). The van der Waals surface area contributed by atoms with Gasteiger partial charge in [-0.15, -0.1) is 0 Å². The number of carbonyl (C=O) groups excluding carboxylic acids is 3. The fourth-order valence-electron chi connectivity index (χ4n) is 10.5. The van der Waals surface area contributed by atoms with Crippen LogP contribution in [-0.2, 0) is 28.6 Å². The standard InChI is InChI=1S/C73H134O6/c1-4-7-10-13-16-19-22-25-27-29-31-32-33-34-35-36-37-38-39-40-42-43-45-48-51-54-57-60-63-66-72(75)78-69-70(68-77-71(74)65-62-59-56-53-50-47-24-21-18-15-12-9-6-3)79-73(76)67-64-61-58-55-52-49-46-44-41-30-28-26-23-20-17-14-11-8-5-2/h17,20,22,25-26,28-29,31,70H,4-16,18-19,21,23-24,27,30,32-69H2,1-3H3/b20-17-,25-22-,28-26-,31-29-. The van der Waals surface area contributed by atoms with Crippen LogP contribution in [-0.4, -0.2) is 37.2 Å². The Hall–Kier alpha value is -2.63. The maximum atomic E-state index is 12.9. The molecule has 1 unspecified atom stereocenters. The largest absolute Gasteiger partial charge is 0.462 e. The van der Waals surface area contributed by atoms with Gasteiger partial charge in [0, 0.05) is 19.3 Å². The first-order valence-electron chi connectivity index (χ1n) is 35.1. The lowest BCUT2D eigenvalue weighted by Gasteiger charge is -2.18. The normalized spacial score (nSPS) is 12.3. The van der Waals surface area contributed by atoms with Crippen LogP contribution in [0.3, 0.4) is 0 Å². The minimum Gasteiger partial charge on any atom is -0.462 e. The predicted molar refractivity (Wildman–Crippen MR) is 344 cm³/mol. The van der Waals surface area contributed by atoms with E-state index in [2.05, 4.69) is 69.4 Å². The van der Waals surface area contributed by atoms with Gasteiger partial charge in [-0.2, -0.15) is 0 Å². The van der Waals surface area contributed by atoms with Crippen LogP contribution >= 0.6 is 0 Å². The third kappa shape index (κ3) is 66.1. The van der Waals surface area contributed by atoms with E-state index in [9.17, 15) is 14.4 Å². The SMILES string of the molecule is CCCCC/C=C\C/C=C\CCCCCCCCCCCC(=O)OC(COC(=O)CCCCCCCCCCCCCCC)COC(=O)CCCCCCCCCCCCCCCCCCC/C=C\C/C=C\CCCCCCC. The fraction of sp³-hybridized carbons (Fsp3) is 0.849. The topological polar surface area (TPSA) is 78.9 Å². The van der Waals surface area contributed by atoms with E-state index in [1.54, 1.807) is 0 Å². The molecule has 0 saturated heterocycles. The van der Waals surface area contributed by atoms with Gasteiger partial charge in [-0.1, -0.05) is 326 Å². The maximum Gasteiger partial charge on any atom is 0.306 e. The number of allylic oxidation sites excluding steroid dienone is 8. The first-order chi connectivity index (χ1) is 39.0. The first-order valence-corrected chi connectivity index (χ1v) is 35.1. The summed E-state index contributed by atoms with van der Waals surface area (Å²) in [6.45, 7) is 6.66. The Bertz CT molecular complexity index is 1360. The minimum absolute atomic E-state index is 0.0695. The molecule has 0 aromatic carbocycles. The second kappa shape index (κ2) is 67.9. The number of unbranched alkanes of at least 4 members (excludes halogenated alkanes) is 46. The van der Waals surface area contributed by atoms with Crippen molar-refractivity contribution in [1.29, 1.82) is 0 Å². The molecule has 0 aromatic rings. The van der Waals surface area contributed by atoms with Gasteiger partial charge in [-0.05, 0) is 83.5 Å². The summed E-state index contributed by atoms with van der Waals surface area (Å²) in [6.07, 6.45) is 85.7. The molecule has 0 aliphatic carbocycles. The summed E-state index contributed by atoms with van der Waals surface area (Å²) in [5.74, 6) is -0.848. The molecule has 0 spiro atoms. The van der Waals surface area contributed by atoms with Crippen molar-refractivity contribution in [2.24, 2.45) is 0 Å². The molecule has 0 bridgehead atoms. The van der Waals surface area contributed by atoms with Gasteiger partial charge in [0.1, 0.15) is 13.2 Å². The molecular formula is C73H134O6. The number of rotatable bonds is 65. The average Bonchev–Trinajstić information content (AvgIpc) is 3.45. The van der Waals surface area contributed by atoms with E-state index in [4.69, 9.17) is 14.2 Å². The van der Waals surface area contributed by atoms with Crippen LogP contribution in [0.4, 0.5) is 0 Å². The number of hydrogen-bond donors (Lipinski definition) is 0. The van der Waals surface area contributed by atoms with Crippen molar-refractivity contribution in [2.45, 2.75) is 386 Å². The Morgan fingerprint density at radius 1 is 0.253 bits per heavy atom. The molecular weight excluding hydrogens is 973 g/mol. The zero-order valence-electron chi connectivity index (χ0n) is 53.2. The molecule has 0 aliphatic rings. The Balaban J connectivity index is 4.20. The zero-order valence-corrected chi connectivity index (χ0v) is 53.2. The van der Waals surface area contributed by atoms with Gasteiger partial charge >= 0.3 is 17.9 Å². The highest BCUT2D eigenvalue weighted by Crippen LogP contribution is 2.18. The molecule has 0 radical (unpaired) electrons.